The van der Waals surface area contributed by atoms with Gasteiger partial charge in [-0.25, -0.2) is 4.99 Å². The zero-order valence-corrected chi connectivity index (χ0v) is 16.8. The lowest BCUT2D eigenvalue weighted by molar-refractivity contribution is 0.569. The first kappa shape index (κ1) is 16.8. The van der Waals surface area contributed by atoms with Crippen molar-refractivity contribution in [3.05, 3.63) is 82.4 Å². The topological polar surface area (TPSA) is 37.6 Å². The quantitative estimate of drug-likeness (QED) is 0.528. The van der Waals surface area contributed by atoms with Gasteiger partial charge in [0.25, 0.3) is 5.56 Å². The van der Waals surface area contributed by atoms with E-state index in [1.165, 1.54) is 14.9 Å². The number of nitrogens with zero attached hydrogens (tertiary/aromatic N) is 3. The molecule has 4 nitrogen and oxygen atoms in total. The summed E-state index contributed by atoms with van der Waals surface area (Å²) in [5, 5.41) is 0.683. The molecule has 3 aromatic rings. The fourth-order valence-electron chi connectivity index (χ4n) is 2.64. The summed E-state index contributed by atoms with van der Waals surface area (Å²) in [5.41, 5.74) is 2.01. The number of aromatic nitrogens is 1. The molecular formula is C18H13ClIN3OS. The van der Waals surface area contributed by atoms with Gasteiger partial charge in [-0.2, -0.15) is 0 Å². The van der Waals surface area contributed by atoms with Gasteiger partial charge in [-0.05, 0) is 70.6 Å². The number of benzene rings is 2. The van der Waals surface area contributed by atoms with Crippen molar-refractivity contribution in [3.63, 3.8) is 0 Å². The van der Waals surface area contributed by atoms with Crippen molar-refractivity contribution in [2.45, 2.75) is 6.67 Å². The van der Waals surface area contributed by atoms with Gasteiger partial charge in [0.05, 0.1) is 4.53 Å². The summed E-state index contributed by atoms with van der Waals surface area (Å²) in [6, 6.07) is 15.7. The minimum Gasteiger partial charge on any atom is -0.334 e. The molecule has 0 unspecified atom stereocenters. The standard InChI is InChI=1S/C18H13ClIN3OS/c19-13-3-1-12(2-4-13)9-16-17(24)23-11-22(10-21-18(23)25-16)15-7-5-14(20)6-8-15/h1-9H,10-11H2. The minimum absolute atomic E-state index is 0.00564. The van der Waals surface area contributed by atoms with Crippen molar-refractivity contribution >= 4 is 57.3 Å². The highest BCUT2D eigenvalue weighted by atomic mass is 127. The molecule has 2 aromatic carbocycles. The van der Waals surface area contributed by atoms with Crippen LogP contribution in [0.2, 0.25) is 5.02 Å². The average Bonchev–Trinajstić information content (AvgIpc) is 2.93. The van der Waals surface area contributed by atoms with Gasteiger partial charge in [-0.15, -0.1) is 0 Å². The van der Waals surface area contributed by atoms with Crippen LogP contribution in [0.15, 0.2) is 58.3 Å². The molecule has 0 aliphatic carbocycles. The summed E-state index contributed by atoms with van der Waals surface area (Å²) in [6.07, 6.45) is 1.89. The molecule has 2 heterocycles. The molecule has 1 aliphatic rings. The molecular weight excluding hydrogens is 469 g/mol. The van der Waals surface area contributed by atoms with Crippen molar-refractivity contribution in [1.29, 1.82) is 0 Å². The van der Waals surface area contributed by atoms with Gasteiger partial charge in [0.1, 0.15) is 13.3 Å². The van der Waals surface area contributed by atoms with E-state index in [4.69, 9.17) is 11.6 Å². The van der Waals surface area contributed by atoms with Gasteiger partial charge >= 0.3 is 0 Å². The van der Waals surface area contributed by atoms with Crippen LogP contribution in [0.5, 0.6) is 0 Å². The van der Waals surface area contributed by atoms with E-state index in [2.05, 4.69) is 56.7 Å². The summed E-state index contributed by atoms with van der Waals surface area (Å²) >= 11 is 9.62. The number of hydrogen-bond donors (Lipinski definition) is 0. The summed E-state index contributed by atoms with van der Waals surface area (Å²) in [4.78, 5) is 20.2. The normalized spacial score (nSPS) is 14.3. The number of rotatable bonds is 2. The highest BCUT2D eigenvalue weighted by Gasteiger charge is 2.15. The monoisotopic (exact) mass is 481 g/mol. The predicted octanol–water partition coefficient (Wildman–Crippen LogP) is 3.05. The summed E-state index contributed by atoms with van der Waals surface area (Å²) in [6.45, 7) is 1.07. The van der Waals surface area contributed by atoms with Crippen molar-refractivity contribution in [1.82, 2.24) is 4.57 Å². The van der Waals surface area contributed by atoms with Gasteiger partial charge in [0.15, 0.2) is 4.80 Å². The van der Waals surface area contributed by atoms with Crippen LogP contribution in [-0.4, -0.2) is 11.2 Å². The molecule has 4 rings (SSSR count). The molecule has 1 aliphatic heterocycles. The van der Waals surface area contributed by atoms with E-state index in [1.54, 1.807) is 4.57 Å². The molecule has 0 N–H and O–H groups in total. The molecule has 0 saturated carbocycles. The molecule has 0 spiro atoms. The first-order chi connectivity index (χ1) is 12.1. The Morgan fingerprint density at radius 1 is 1.12 bits per heavy atom. The van der Waals surface area contributed by atoms with Crippen LogP contribution < -0.4 is 19.8 Å². The van der Waals surface area contributed by atoms with Gasteiger partial charge in [-0.1, -0.05) is 35.1 Å². The van der Waals surface area contributed by atoms with Gasteiger partial charge in [0, 0.05) is 14.3 Å². The second kappa shape index (κ2) is 6.93. The van der Waals surface area contributed by atoms with Crippen LogP contribution >= 0.6 is 45.5 Å². The van der Waals surface area contributed by atoms with Gasteiger partial charge in [-0.3, -0.25) is 9.36 Å². The average molecular weight is 482 g/mol. The SMILES string of the molecule is O=c1c(=Cc2ccc(Cl)cc2)sc2n1CN(c1ccc(I)cc1)CN=2. The zero-order chi connectivity index (χ0) is 17.4. The maximum atomic E-state index is 12.7. The summed E-state index contributed by atoms with van der Waals surface area (Å²) in [5.74, 6) is 0. The Morgan fingerprint density at radius 2 is 1.84 bits per heavy atom. The summed E-state index contributed by atoms with van der Waals surface area (Å²) in [7, 11) is 0. The van der Waals surface area contributed by atoms with Crippen LogP contribution in [0.25, 0.3) is 6.08 Å². The van der Waals surface area contributed by atoms with Crippen LogP contribution in [-0.2, 0) is 6.67 Å². The van der Waals surface area contributed by atoms with E-state index in [0.29, 0.717) is 22.9 Å². The highest BCUT2D eigenvalue weighted by molar-refractivity contribution is 14.1. The minimum atomic E-state index is -0.00564. The Morgan fingerprint density at radius 3 is 2.56 bits per heavy atom. The third-order valence-electron chi connectivity index (χ3n) is 3.94. The van der Waals surface area contributed by atoms with Crippen molar-refractivity contribution < 1.29 is 0 Å². The van der Waals surface area contributed by atoms with Gasteiger partial charge in [0.2, 0.25) is 0 Å². The first-order valence-electron chi connectivity index (χ1n) is 7.62. The predicted molar refractivity (Wildman–Crippen MR) is 111 cm³/mol. The maximum absolute atomic E-state index is 12.7. The van der Waals surface area contributed by atoms with Crippen LogP contribution in [0.3, 0.4) is 0 Å². The number of thiazole rings is 1. The van der Waals surface area contributed by atoms with Crippen LogP contribution in [0, 0.1) is 3.57 Å². The number of hydrogen-bond acceptors (Lipinski definition) is 4. The smallest absolute Gasteiger partial charge is 0.271 e. The molecule has 25 heavy (non-hydrogen) atoms. The Balaban J connectivity index is 1.70. The van der Waals surface area contributed by atoms with Crippen molar-refractivity contribution in [2.75, 3.05) is 11.6 Å². The molecule has 0 saturated heterocycles. The molecule has 0 fully saturated rings. The highest BCUT2D eigenvalue weighted by Crippen LogP contribution is 2.17. The second-order valence-corrected chi connectivity index (χ2v) is 8.33. The van der Waals surface area contributed by atoms with Crippen LogP contribution in [0.4, 0.5) is 5.69 Å². The molecule has 0 bridgehead atoms. The largest absolute Gasteiger partial charge is 0.334 e. The van der Waals surface area contributed by atoms with Crippen LogP contribution in [0.1, 0.15) is 5.56 Å². The zero-order valence-electron chi connectivity index (χ0n) is 13.0. The Bertz CT molecular complexity index is 1090. The molecule has 7 heteroatoms. The van der Waals surface area contributed by atoms with E-state index in [-0.39, 0.29) is 5.56 Å². The third kappa shape index (κ3) is 3.51. The number of anilines is 1. The fraction of sp³-hybridized carbons (Fsp3) is 0.111. The molecule has 1 aromatic heterocycles. The van der Waals surface area contributed by atoms with E-state index in [1.807, 2.05) is 30.3 Å². The lowest BCUT2D eigenvalue weighted by Crippen LogP contribution is -2.42. The van der Waals surface area contributed by atoms with E-state index in [0.717, 1.165) is 16.1 Å². The number of halogens is 2. The Hall–Kier alpha value is -1.64. The lowest BCUT2D eigenvalue weighted by atomic mass is 10.2. The van der Waals surface area contributed by atoms with E-state index >= 15 is 0 Å². The van der Waals surface area contributed by atoms with Crippen molar-refractivity contribution in [3.8, 4) is 0 Å². The maximum Gasteiger partial charge on any atom is 0.271 e. The third-order valence-corrected chi connectivity index (χ3v) is 5.95. The van der Waals surface area contributed by atoms with E-state index in [9.17, 15) is 4.79 Å². The molecule has 126 valence electrons. The second-order valence-electron chi connectivity index (χ2n) is 5.64. The van der Waals surface area contributed by atoms with E-state index < -0.39 is 0 Å². The first-order valence-corrected chi connectivity index (χ1v) is 9.89. The molecule has 0 radical (unpaired) electrons. The van der Waals surface area contributed by atoms with Crippen molar-refractivity contribution in [2.24, 2.45) is 4.99 Å². The Kier molecular flexibility index (Phi) is 4.66. The Labute approximate surface area is 166 Å². The lowest BCUT2D eigenvalue weighted by Gasteiger charge is -2.25. The summed E-state index contributed by atoms with van der Waals surface area (Å²) < 4.78 is 3.60. The number of fused-ring (bicyclic) bond motifs is 1. The fourth-order valence-corrected chi connectivity index (χ4v) is 4.09. The molecule has 0 amide bonds. The van der Waals surface area contributed by atoms with Gasteiger partial charge < -0.3 is 4.90 Å². The molecule has 0 atom stereocenters.